The molecule has 0 N–H and O–H groups in total. The van der Waals surface area contributed by atoms with Crippen LogP contribution in [-0.4, -0.2) is 9.97 Å². The number of rotatable bonds is 2. The maximum Gasteiger partial charge on any atom is 0.0618 e. The second-order valence-electron chi connectivity index (χ2n) is 7.39. The van der Waals surface area contributed by atoms with Crippen LogP contribution in [0.4, 0.5) is 0 Å². The Morgan fingerprint density at radius 3 is 2.34 bits per heavy atom. The maximum absolute atomic E-state index is 8.25. The molecule has 3 aromatic carbocycles. The molecule has 0 atom stereocenters. The zero-order valence-corrected chi connectivity index (χ0v) is 21.4. The summed E-state index contributed by atoms with van der Waals surface area (Å²) in [5, 5.41) is 2.16. The van der Waals surface area contributed by atoms with Gasteiger partial charge in [-0.05, 0) is 52.4 Å². The van der Waals surface area contributed by atoms with Crippen molar-refractivity contribution >= 4 is 31.5 Å². The molecule has 1 radical (unpaired) electrons. The van der Waals surface area contributed by atoms with Crippen LogP contribution in [0, 0.1) is 32.7 Å². The first-order valence-corrected chi connectivity index (χ1v) is 11.2. The van der Waals surface area contributed by atoms with Crippen molar-refractivity contribution in [2.75, 3.05) is 0 Å². The van der Waals surface area contributed by atoms with Crippen molar-refractivity contribution < 1.29 is 35.2 Å². The summed E-state index contributed by atoms with van der Waals surface area (Å²) in [6.45, 7) is -6.79. The van der Waals surface area contributed by atoms with E-state index in [0.717, 1.165) is 20.2 Å². The summed E-state index contributed by atoms with van der Waals surface area (Å²) in [6, 6.07) is 24.8. The van der Waals surface area contributed by atoms with Crippen molar-refractivity contribution in [2.24, 2.45) is 0 Å². The van der Waals surface area contributed by atoms with Crippen molar-refractivity contribution in [1.29, 1.82) is 0 Å². The van der Waals surface area contributed by atoms with Crippen LogP contribution in [0.2, 0.25) is 0 Å². The Morgan fingerprint density at radius 2 is 1.57 bits per heavy atom. The molecule has 0 saturated carbocycles. The quantitative estimate of drug-likeness (QED) is 0.175. The molecular formula is C31H24IrN2S-2. The van der Waals surface area contributed by atoms with Crippen molar-refractivity contribution in [2.45, 2.75) is 20.6 Å². The molecule has 2 nitrogen and oxygen atoms in total. The van der Waals surface area contributed by atoms with Gasteiger partial charge in [-0.2, -0.15) is 11.3 Å². The molecule has 0 saturated heterocycles. The molecule has 0 aliphatic carbocycles. The molecule has 0 fully saturated rings. The molecule has 0 amide bonds. The van der Waals surface area contributed by atoms with Gasteiger partial charge in [0.15, 0.2) is 0 Å². The van der Waals surface area contributed by atoms with Crippen LogP contribution in [0.5, 0.6) is 0 Å². The third kappa shape index (κ3) is 5.57. The van der Waals surface area contributed by atoms with Crippen LogP contribution in [0.3, 0.4) is 0 Å². The Balaban J connectivity index is 0.000000210. The molecule has 0 bridgehead atoms. The van der Waals surface area contributed by atoms with Gasteiger partial charge >= 0.3 is 0 Å². The van der Waals surface area contributed by atoms with Crippen molar-refractivity contribution in [3.05, 3.63) is 120 Å². The Bertz CT molecular complexity index is 1930. The number of hydrogen-bond acceptors (Lipinski definition) is 3. The number of thiophene rings is 1. The van der Waals surface area contributed by atoms with E-state index in [9.17, 15) is 0 Å². The molecule has 6 rings (SSSR count). The summed E-state index contributed by atoms with van der Waals surface area (Å²) in [7, 11) is 0. The summed E-state index contributed by atoms with van der Waals surface area (Å²) in [6.07, 6.45) is 2.48. The van der Waals surface area contributed by atoms with Gasteiger partial charge in [-0.1, -0.05) is 54.7 Å². The Morgan fingerprint density at radius 1 is 0.771 bits per heavy atom. The molecule has 0 aliphatic heterocycles. The molecule has 6 aromatic rings. The molecule has 4 heteroatoms. The van der Waals surface area contributed by atoms with Gasteiger partial charge in [0.2, 0.25) is 0 Å². The molecule has 35 heavy (non-hydrogen) atoms. The van der Waals surface area contributed by atoms with E-state index in [-0.39, 0.29) is 54.6 Å². The van der Waals surface area contributed by atoms with Gasteiger partial charge < -0.3 is 9.97 Å². The first-order chi connectivity index (χ1) is 21.1. The Kier molecular flexibility index (Phi) is 4.55. The second-order valence-corrected chi connectivity index (χ2v) is 8.44. The molecule has 3 aromatic heterocycles. The number of hydrogen-bond donors (Lipinski definition) is 0. The SMILES string of the molecule is [2H]C([2H])([2H])c1c[c-]c(-c2ccc(C([2H])([2H])[2H])cn2)cc1.[2H]c1c(C([2H])([2H])[2H])cnc(-c2[c-]ccc3c2sc2ccccc23)c1[2H].[Ir]. The third-order valence-electron chi connectivity index (χ3n) is 5.07. The molecule has 0 spiro atoms. The minimum absolute atomic E-state index is 0. The minimum atomic E-state index is -2.45. The monoisotopic (exact) mass is 660 g/mol. The van der Waals surface area contributed by atoms with Crippen LogP contribution in [0.1, 0.15) is 31.8 Å². The topological polar surface area (TPSA) is 25.8 Å². The van der Waals surface area contributed by atoms with Gasteiger partial charge in [0.1, 0.15) is 0 Å². The third-order valence-corrected chi connectivity index (χ3v) is 6.27. The molecule has 0 unspecified atom stereocenters. The van der Waals surface area contributed by atoms with Crippen LogP contribution in [0.15, 0.2) is 91.2 Å². The summed E-state index contributed by atoms with van der Waals surface area (Å²) >= 11 is 1.58. The standard InChI is InChI=1S/C18H12NS.C13H12N.Ir/c1-12-9-10-16(19-11-12)15-7-4-6-14-13-5-2-3-8-17(13)20-18(14)15;1-10-3-6-12(7-4-10)13-8-5-11(2)9-14-13;/h2-6,8-11H,1H3;3-6,8-9H,1-2H3;/q2*-1;/i1D3,9D,10D;1D3,2D3;. The minimum Gasteiger partial charge on any atom is -0.304 e. The first kappa shape index (κ1) is 14.4. The number of pyridine rings is 2. The zero-order valence-electron chi connectivity index (χ0n) is 29.1. The van der Waals surface area contributed by atoms with E-state index in [2.05, 4.69) is 22.1 Å². The number of nitrogens with zero attached hydrogens (tertiary/aromatic N) is 2. The maximum atomic E-state index is 8.25. The number of fused-ring (bicyclic) bond motifs is 3. The van der Waals surface area contributed by atoms with Gasteiger partial charge in [0.05, 0.1) is 2.74 Å². The number of aryl methyl sites for hydroxylation is 3. The van der Waals surface area contributed by atoms with E-state index < -0.39 is 20.6 Å². The Labute approximate surface area is 239 Å². The predicted octanol–water partition coefficient (Wildman–Crippen LogP) is 8.39. The average Bonchev–Trinajstić information content (AvgIpc) is 3.37. The zero-order chi connectivity index (χ0) is 32.7. The van der Waals surface area contributed by atoms with Crippen LogP contribution in [-0.2, 0) is 20.1 Å². The van der Waals surface area contributed by atoms with Crippen molar-refractivity contribution in [3.63, 3.8) is 0 Å². The first-order valence-electron chi connectivity index (χ1n) is 15.8. The van der Waals surface area contributed by atoms with E-state index in [1.54, 1.807) is 29.5 Å². The van der Waals surface area contributed by atoms with Crippen molar-refractivity contribution in [1.82, 2.24) is 9.97 Å². The fourth-order valence-electron chi connectivity index (χ4n) is 3.45. The van der Waals surface area contributed by atoms with E-state index >= 15 is 0 Å². The summed E-state index contributed by atoms with van der Waals surface area (Å²) in [5.74, 6) is 0. The van der Waals surface area contributed by atoms with Crippen molar-refractivity contribution in [3.8, 4) is 22.5 Å². The molecular weight excluding hydrogens is 625 g/mol. The van der Waals surface area contributed by atoms with Crippen LogP contribution >= 0.6 is 11.3 Å². The molecule has 3 heterocycles. The largest absolute Gasteiger partial charge is 0.304 e. The second kappa shape index (κ2) is 11.0. The Hall–Kier alpha value is -3.17. The van der Waals surface area contributed by atoms with Crippen LogP contribution < -0.4 is 0 Å². The number of aromatic nitrogens is 2. The summed E-state index contributed by atoms with van der Waals surface area (Å²) in [5.41, 5.74) is 2.26. The smallest absolute Gasteiger partial charge is 0.0618 e. The summed E-state index contributed by atoms with van der Waals surface area (Å²) in [4.78, 5) is 8.28. The van der Waals surface area contributed by atoms with E-state index in [1.165, 1.54) is 30.6 Å². The van der Waals surface area contributed by atoms with Gasteiger partial charge in [0.25, 0.3) is 0 Å². The molecule has 175 valence electrons. The van der Waals surface area contributed by atoms with E-state index in [1.807, 2.05) is 30.3 Å². The fraction of sp³-hybridized carbons (Fsp3) is 0.0968. The van der Waals surface area contributed by atoms with Gasteiger partial charge in [-0.15, -0.1) is 59.2 Å². The van der Waals surface area contributed by atoms with Gasteiger partial charge in [-0.25, -0.2) is 0 Å². The summed E-state index contributed by atoms with van der Waals surface area (Å²) < 4.78 is 84.4. The number of benzene rings is 3. The van der Waals surface area contributed by atoms with E-state index in [4.69, 9.17) is 15.1 Å². The van der Waals surface area contributed by atoms with E-state index in [0.29, 0.717) is 16.8 Å². The normalized spacial score (nSPS) is 16.2. The average molecular weight is 660 g/mol. The molecule has 0 aliphatic rings. The van der Waals surface area contributed by atoms with Crippen LogP contribution in [0.25, 0.3) is 42.7 Å². The van der Waals surface area contributed by atoms with Gasteiger partial charge in [-0.3, -0.25) is 0 Å². The predicted molar refractivity (Wildman–Crippen MR) is 144 cm³/mol. The van der Waals surface area contributed by atoms with Gasteiger partial charge in [0, 0.05) is 49.5 Å². The fourth-order valence-corrected chi connectivity index (χ4v) is 4.65.